The summed E-state index contributed by atoms with van der Waals surface area (Å²) in [5.74, 6) is 0.881. The van der Waals surface area contributed by atoms with Crippen molar-refractivity contribution < 1.29 is 4.79 Å². The minimum atomic E-state index is -0.144. The maximum absolute atomic E-state index is 11.8. The molecule has 0 aliphatic carbocycles. The number of aromatic nitrogens is 2. The molecule has 5 nitrogen and oxygen atoms in total. The van der Waals surface area contributed by atoms with Crippen LogP contribution in [0.25, 0.3) is 0 Å². The molecule has 0 aromatic carbocycles. The lowest BCUT2D eigenvalue weighted by Gasteiger charge is -2.09. The number of anilines is 1. The zero-order chi connectivity index (χ0) is 13.5. The van der Waals surface area contributed by atoms with Crippen LogP contribution in [0.1, 0.15) is 43.4 Å². The highest BCUT2D eigenvalue weighted by Gasteiger charge is 2.09. The Morgan fingerprint density at radius 3 is 2.72 bits per heavy atom. The monoisotopic (exact) mass is 250 g/mol. The molecule has 1 amide bonds. The fourth-order valence-electron chi connectivity index (χ4n) is 1.39. The Kier molecular flexibility index (Phi) is 5.55. The van der Waals surface area contributed by atoms with Crippen molar-refractivity contribution in [2.24, 2.45) is 5.92 Å². The molecule has 0 atom stereocenters. The molecule has 1 aromatic heterocycles. The molecule has 100 valence electrons. The Morgan fingerprint density at radius 2 is 2.11 bits per heavy atom. The van der Waals surface area contributed by atoms with Crippen LogP contribution >= 0.6 is 0 Å². The number of amides is 1. The molecule has 18 heavy (non-hydrogen) atoms. The lowest BCUT2D eigenvalue weighted by Crippen LogP contribution is -2.25. The van der Waals surface area contributed by atoms with Crippen LogP contribution in [0, 0.1) is 12.8 Å². The zero-order valence-electron chi connectivity index (χ0n) is 11.6. The number of rotatable bonds is 6. The Hall–Kier alpha value is -1.65. The van der Waals surface area contributed by atoms with Gasteiger partial charge in [0.1, 0.15) is 5.69 Å². The lowest BCUT2D eigenvalue weighted by molar-refractivity contribution is 0.0948. The van der Waals surface area contributed by atoms with Crippen LogP contribution in [0.4, 0.5) is 5.95 Å². The van der Waals surface area contributed by atoms with Crippen molar-refractivity contribution in [3.63, 3.8) is 0 Å². The summed E-state index contributed by atoms with van der Waals surface area (Å²) < 4.78 is 0. The first-order valence-electron chi connectivity index (χ1n) is 6.40. The van der Waals surface area contributed by atoms with Crippen LogP contribution in [0.2, 0.25) is 0 Å². The van der Waals surface area contributed by atoms with Crippen LogP contribution in [0.15, 0.2) is 6.07 Å². The van der Waals surface area contributed by atoms with E-state index in [1.807, 2.05) is 13.8 Å². The molecule has 1 rings (SSSR count). The van der Waals surface area contributed by atoms with Crippen LogP contribution in [-0.4, -0.2) is 29.0 Å². The summed E-state index contributed by atoms with van der Waals surface area (Å²) in [6.07, 6.45) is 0.911. The molecular formula is C13H22N4O. The van der Waals surface area contributed by atoms with Gasteiger partial charge < -0.3 is 10.6 Å². The van der Waals surface area contributed by atoms with Gasteiger partial charge in [-0.25, -0.2) is 9.97 Å². The van der Waals surface area contributed by atoms with Gasteiger partial charge in [-0.3, -0.25) is 4.79 Å². The first-order valence-corrected chi connectivity index (χ1v) is 6.40. The van der Waals surface area contributed by atoms with Gasteiger partial charge in [-0.05, 0) is 25.3 Å². The summed E-state index contributed by atoms with van der Waals surface area (Å²) in [7, 11) is 0. The molecule has 0 saturated heterocycles. The predicted molar refractivity (Wildman–Crippen MR) is 72.7 cm³/mol. The average Bonchev–Trinajstić information content (AvgIpc) is 2.32. The Labute approximate surface area is 108 Å². The van der Waals surface area contributed by atoms with E-state index in [2.05, 4.69) is 34.4 Å². The smallest absolute Gasteiger partial charge is 0.270 e. The maximum Gasteiger partial charge on any atom is 0.270 e. The molecule has 0 unspecified atom stereocenters. The number of nitrogens with zero attached hydrogens (tertiary/aromatic N) is 2. The fraction of sp³-hybridized carbons (Fsp3) is 0.615. The third-order valence-electron chi connectivity index (χ3n) is 2.29. The van der Waals surface area contributed by atoms with Crippen molar-refractivity contribution in [1.29, 1.82) is 0 Å². The largest absolute Gasteiger partial charge is 0.354 e. The number of carbonyl (C=O) groups excluding carboxylic acids is 1. The zero-order valence-corrected chi connectivity index (χ0v) is 11.6. The highest BCUT2D eigenvalue weighted by molar-refractivity contribution is 5.92. The summed E-state index contributed by atoms with van der Waals surface area (Å²) in [4.78, 5) is 20.3. The van der Waals surface area contributed by atoms with Gasteiger partial charge in [0.05, 0.1) is 0 Å². The molecule has 0 aliphatic heterocycles. The fourth-order valence-corrected chi connectivity index (χ4v) is 1.39. The maximum atomic E-state index is 11.8. The number of hydrogen-bond donors (Lipinski definition) is 2. The Bertz CT molecular complexity index is 404. The molecular weight excluding hydrogens is 228 g/mol. The second-order valence-corrected chi connectivity index (χ2v) is 4.75. The van der Waals surface area contributed by atoms with Gasteiger partial charge in [-0.1, -0.05) is 20.8 Å². The van der Waals surface area contributed by atoms with Crippen molar-refractivity contribution in [2.75, 3.05) is 18.4 Å². The van der Waals surface area contributed by atoms with Gasteiger partial charge in [0, 0.05) is 18.8 Å². The third-order valence-corrected chi connectivity index (χ3v) is 2.29. The quantitative estimate of drug-likeness (QED) is 0.810. The second-order valence-electron chi connectivity index (χ2n) is 4.75. The van der Waals surface area contributed by atoms with E-state index < -0.39 is 0 Å². The van der Waals surface area contributed by atoms with E-state index in [1.165, 1.54) is 0 Å². The highest BCUT2D eigenvalue weighted by Crippen LogP contribution is 2.06. The third kappa shape index (κ3) is 4.69. The molecule has 2 N–H and O–H groups in total. The minimum absolute atomic E-state index is 0.144. The van der Waals surface area contributed by atoms with Gasteiger partial charge in [0.2, 0.25) is 5.95 Å². The second kappa shape index (κ2) is 6.93. The van der Waals surface area contributed by atoms with Crippen molar-refractivity contribution in [1.82, 2.24) is 15.3 Å². The first kappa shape index (κ1) is 14.4. The molecule has 0 radical (unpaired) electrons. The van der Waals surface area contributed by atoms with E-state index in [9.17, 15) is 4.79 Å². The van der Waals surface area contributed by atoms with Gasteiger partial charge in [-0.2, -0.15) is 0 Å². The van der Waals surface area contributed by atoms with Crippen LogP contribution < -0.4 is 10.6 Å². The van der Waals surface area contributed by atoms with E-state index in [-0.39, 0.29) is 5.91 Å². The Balaban J connectivity index is 2.76. The summed E-state index contributed by atoms with van der Waals surface area (Å²) in [6.45, 7) is 9.55. The predicted octanol–water partition coefficient (Wildman–Crippen LogP) is 1.99. The molecule has 0 fully saturated rings. The van der Waals surface area contributed by atoms with Crippen LogP contribution in [-0.2, 0) is 0 Å². The standard InChI is InChI=1S/C13H22N4O/c1-5-6-14-12(18)11-7-10(4)16-13(17-11)15-8-9(2)3/h7,9H,5-6,8H2,1-4H3,(H,14,18)(H,15,16,17). The highest BCUT2D eigenvalue weighted by atomic mass is 16.1. The molecule has 0 bridgehead atoms. The van der Waals surface area contributed by atoms with E-state index in [4.69, 9.17) is 0 Å². The SMILES string of the molecule is CCCNC(=O)c1cc(C)nc(NCC(C)C)n1. The summed E-state index contributed by atoms with van der Waals surface area (Å²) in [6, 6.07) is 1.70. The number of carbonyl (C=O) groups is 1. The van der Waals surface area contributed by atoms with Gasteiger partial charge in [-0.15, -0.1) is 0 Å². The lowest BCUT2D eigenvalue weighted by atomic mass is 10.2. The molecule has 5 heteroatoms. The van der Waals surface area contributed by atoms with Gasteiger partial charge >= 0.3 is 0 Å². The topological polar surface area (TPSA) is 66.9 Å². The molecule has 0 aliphatic rings. The molecule has 0 spiro atoms. The number of hydrogen-bond acceptors (Lipinski definition) is 4. The molecule has 1 aromatic rings. The normalized spacial score (nSPS) is 10.5. The Morgan fingerprint density at radius 1 is 1.39 bits per heavy atom. The van der Waals surface area contributed by atoms with E-state index in [0.29, 0.717) is 24.1 Å². The van der Waals surface area contributed by atoms with Crippen molar-refractivity contribution in [3.05, 3.63) is 17.5 Å². The van der Waals surface area contributed by atoms with Crippen LogP contribution in [0.5, 0.6) is 0 Å². The molecule has 1 heterocycles. The summed E-state index contributed by atoms with van der Waals surface area (Å²) in [5, 5.41) is 5.94. The summed E-state index contributed by atoms with van der Waals surface area (Å²) >= 11 is 0. The van der Waals surface area contributed by atoms with Gasteiger partial charge in [0.15, 0.2) is 0 Å². The van der Waals surface area contributed by atoms with E-state index in [0.717, 1.165) is 18.7 Å². The van der Waals surface area contributed by atoms with E-state index in [1.54, 1.807) is 6.07 Å². The average molecular weight is 250 g/mol. The van der Waals surface area contributed by atoms with E-state index >= 15 is 0 Å². The van der Waals surface area contributed by atoms with Crippen molar-refractivity contribution in [3.8, 4) is 0 Å². The minimum Gasteiger partial charge on any atom is -0.354 e. The van der Waals surface area contributed by atoms with Crippen molar-refractivity contribution >= 4 is 11.9 Å². The summed E-state index contributed by atoms with van der Waals surface area (Å²) in [5.41, 5.74) is 1.21. The van der Waals surface area contributed by atoms with Crippen LogP contribution in [0.3, 0.4) is 0 Å². The van der Waals surface area contributed by atoms with Gasteiger partial charge in [0.25, 0.3) is 5.91 Å². The number of aryl methyl sites for hydroxylation is 1. The first-order chi connectivity index (χ1) is 8.52. The molecule has 0 saturated carbocycles. The number of nitrogens with one attached hydrogen (secondary N) is 2. The van der Waals surface area contributed by atoms with Crippen molar-refractivity contribution in [2.45, 2.75) is 34.1 Å².